The molecule has 1 aromatic rings. The molecule has 1 saturated heterocycles. The Bertz CT molecular complexity index is 547. The fraction of sp³-hybridized carbons (Fsp3) is 0.600. The number of rotatable bonds is 3. The molecule has 0 bridgehead atoms. The van der Waals surface area contributed by atoms with Gasteiger partial charge in [-0.2, -0.15) is 4.31 Å². The Hall–Kier alpha value is -0.910. The molecule has 1 aliphatic heterocycles. The zero-order valence-electron chi connectivity index (χ0n) is 12.1. The van der Waals surface area contributed by atoms with Crippen LogP contribution in [0.2, 0.25) is 0 Å². The number of benzene rings is 1. The van der Waals surface area contributed by atoms with Crippen LogP contribution in [0.15, 0.2) is 23.1 Å². The van der Waals surface area contributed by atoms with E-state index < -0.39 is 10.0 Å². The van der Waals surface area contributed by atoms with Gasteiger partial charge in [0, 0.05) is 19.6 Å². The van der Waals surface area contributed by atoms with E-state index in [0.29, 0.717) is 24.5 Å². The van der Waals surface area contributed by atoms with Gasteiger partial charge < -0.3 is 5.73 Å². The molecule has 2 N–H and O–H groups in total. The molecule has 0 aromatic heterocycles. The number of hydrogen-bond donors (Lipinski definition) is 1. The lowest BCUT2D eigenvalue weighted by molar-refractivity contribution is 0.364. The first kappa shape index (κ1) is 15.5. The summed E-state index contributed by atoms with van der Waals surface area (Å²) in [4.78, 5) is 0.379. The lowest BCUT2D eigenvalue weighted by Crippen LogP contribution is -2.34. The van der Waals surface area contributed by atoms with Crippen molar-refractivity contribution < 1.29 is 8.42 Å². The van der Waals surface area contributed by atoms with E-state index in [-0.39, 0.29) is 0 Å². The van der Waals surface area contributed by atoms with E-state index in [2.05, 4.69) is 0 Å². The highest BCUT2D eigenvalue weighted by Gasteiger charge is 2.24. The van der Waals surface area contributed by atoms with Gasteiger partial charge >= 0.3 is 0 Å². The van der Waals surface area contributed by atoms with Crippen molar-refractivity contribution in [2.24, 2.45) is 5.73 Å². The second-order valence-corrected chi connectivity index (χ2v) is 7.40. The second-order valence-electron chi connectivity index (χ2n) is 5.46. The van der Waals surface area contributed by atoms with Gasteiger partial charge in [-0.3, -0.25) is 0 Å². The molecule has 1 heterocycles. The van der Waals surface area contributed by atoms with Gasteiger partial charge in [0.05, 0.1) is 4.90 Å². The monoisotopic (exact) mass is 296 g/mol. The molecule has 1 fully saturated rings. The summed E-state index contributed by atoms with van der Waals surface area (Å²) in [6.07, 6.45) is 5.36. The molecule has 0 atom stereocenters. The van der Waals surface area contributed by atoms with Crippen LogP contribution in [0.5, 0.6) is 0 Å². The minimum atomic E-state index is -3.37. The lowest BCUT2D eigenvalue weighted by atomic mass is 10.1. The Morgan fingerprint density at radius 2 is 1.70 bits per heavy atom. The SMILES string of the molecule is Cc1ccc(S(=O)(=O)N2CCCCCCC2)cc1CN. The van der Waals surface area contributed by atoms with E-state index in [0.717, 1.165) is 36.8 Å². The topological polar surface area (TPSA) is 63.4 Å². The molecule has 112 valence electrons. The van der Waals surface area contributed by atoms with Crippen molar-refractivity contribution >= 4 is 10.0 Å². The summed E-state index contributed by atoms with van der Waals surface area (Å²) in [5, 5.41) is 0. The van der Waals surface area contributed by atoms with Crippen molar-refractivity contribution in [1.29, 1.82) is 0 Å². The van der Waals surface area contributed by atoms with Gasteiger partial charge in [0.2, 0.25) is 10.0 Å². The van der Waals surface area contributed by atoms with E-state index >= 15 is 0 Å². The second kappa shape index (κ2) is 6.70. The predicted molar refractivity (Wildman–Crippen MR) is 80.9 cm³/mol. The smallest absolute Gasteiger partial charge is 0.243 e. The van der Waals surface area contributed by atoms with Gasteiger partial charge in [0.25, 0.3) is 0 Å². The number of nitrogens with two attached hydrogens (primary N) is 1. The quantitative estimate of drug-likeness (QED) is 0.931. The standard InChI is InChI=1S/C15H24N2O2S/c1-13-7-8-15(11-14(13)12-16)20(18,19)17-9-5-3-2-4-6-10-17/h7-8,11H,2-6,9-10,12,16H2,1H3. The van der Waals surface area contributed by atoms with Crippen molar-refractivity contribution in [1.82, 2.24) is 4.31 Å². The third-order valence-corrected chi connectivity index (χ3v) is 5.89. The van der Waals surface area contributed by atoms with Crippen LogP contribution >= 0.6 is 0 Å². The van der Waals surface area contributed by atoms with Gasteiger partial charge in [-0.25, -0.2) is 8.42 Å². The molecule has 0 unspecified atom stereocenters. The van der Waals surface area contributed by atoms with Gasteiger partial charge in [-0.15, -0.1) is 0 Å². The van der Waals surface area contributed by atoms with Crippen molar-refractivity contribution in [3.05, 3.63) is 29.3 Å². The maximum absolute atomic E-state index is 12.7. The minimum absolute atomic E-state index is 0.370. The van der Waals surface area contributed by atoms with Crippen molar-refractivity contribution in [3.63, 3.8) is 0 Å². The van der Waals surface area contributed by atoms with Gasteiger partial charge in [0.15, 0.2) is 0 Å². The van der Waals surface area contributed by atoms with Crippen LogP contribution < -0.4 is 5.73 Å². The fourth-order valence-corrected chi connectivity index (χ4v) is 4.20. The fourth-order valence-electron chi connectivity index (χ4n) is 2.64. The molecule has 4 nitrogen and oxygen atoms in total. The molecule has 0 saturated carbocycles. The number of aryl methyl sites for hydroxylation is 1. The zero-order chi connectivity index (χ0) is 14.6. The highest BCUT2D eigenvalue weighted by atomic mass is 32.2. The lowest BCUT2D eigenvalue weighted by Gasteiger charge is -2.24. The third-order valence-electron chi connectivity index (χ3n) is 3.99. The number of nitrogens with zero attached hydrogens (tertiary/aromatic N) is 1. The average molecular weight is 296 g/mol. The summed E-state index contributed by atoms with van der Waals surface area (Å²) >= 11 is 0. The van der Waals surface area contributed by atoms with Crippen LogP contribution in [0.4, 0.5) is 0 Å². The maximum Gasteiger partial charge on any atom is 0.243 e. The van der Waals surface area contributed by atoms with Gasteiger partial charge in [-0.05, 0) is 43.0 Å². The normalized spacial score (nSPS) is 18.5. The molecular formula is C15H24N2O2S. The summed E-state index contributed by atoms with van der Waals surface area (Å²) in [5.74, 6) is 0. The largest absolute Gasteiger partial charge is 0.326 e. The van der Waals surface area contributed by atoms with Crippen molar-refractivity contribution in [2.45, 2.75) is 50.5 Å². The number of sulfonamides is 1. The van der Waals surface area contributed by atoms with E-state index in [1.54, 1.807) is 16.4 Å². The summed E-state index contributed by atoms with van der Waals surface area (Å²) in [7, 11) is -3.37. The molecule has 0 amide bonds. The van der Waals surface area contributed by atoms with Gasteiger partial charge in [0.1, 0.15) is 0 Å². The molecule has 0 spiro atoms. The molecular weight excluding hydrogens is 272 g/mol. The first-order chi connectivity index (χ1) is 9.55. The highest BCUT2D eigenvalue weighted by Crippen LogP contribution is 2.22. The first-order valence-corrected chi connectivity index (χ1v) is 8.79. The van der Waals surface area contributed by atoms with Crippen LogP contribution in [-0.4, -0.2) is 25.8 Å². The summed E-state index contributed by atoms with van der Waals surface area (Å²) < 4.78 is 27.1. The van der Waals surface area contributed by atoms with Crippen molar-refractivity contribution in [3.8, 4) is 0 Å². The van der Waals surface area contributed by atoms with Crippen LogP contribution in [0.3, 0.4) is 0 Å². The molecule has 0 radical (unpaired) electrons. The summed E-state index contributed by atoms with van der Waals surface area (Å²) in [6, 6.07) is 5.27. The Morgan fingerprint density at radius 1 is 1.10 bits per heavy atom. The molecule has 5 heteroatoms. The number of hydrogen-bond acceptors (Lipinski definition) is 3. The minimum Gasteiger partial charge on any atom is -0.326 e. The maximum atomic E-state index is 12.7. The third kappa shape index (κ3) is 3.40. The van der Waals surface area contributed by atoms with E-state index in [1.165, 1.54) is 6.42 Å². The molecule has 0 aliphatic carbocycles. The van der Waals surface area contributed by atoms with Crippen LogP contribution in [0.1, 0.15) is 43.2 Å². The molecule has 1 aliphatic rings. The van der Waals surface area contributed by atoms with E-state index in [1.807, 2.05) is 13.0 Å². The van der Waals surface area contributed by atoms with E-state index in [9.17, 15) is 8.42 Å². The predicted octanol–water partition coefficient (Wildman–Crippen LogP) is 2.41. The Labute approximate surface area is 122 Å². The van der Waals surface area contributed by atoms with Crippen molar-refractivity contribution in [2.75, 3.05) is 13.1 Å². The Kier molecular flexibility index (Phi) is 5.18. The molecule has 2 rings (SSSR count). The zero-order valence-corrected chi connectivity index (χ0v) is 13.0. The summed E-state index contributed by atoms with van der Waals surface area (Å²) in [5.41, 5.74) is 7.62. The Morgan fingerprint density at radius 3 is 2.30 bits per heavy atom. The molecule has 1 aromatic carbocycles. The highest BCUT2D eigenvalue weighted by molar-refractivity contribution is 7.89. The van der Waals surface area contributed by atoms with E-state index in [4.69, 9.17) is 5.73 Å². The average Bonchev–Trinajstić information content (AvgIpc) is 2.38. The van der Waals surface area contributed by atoms with Crippen LogP contribution in [0.25, 0.3) is 0 Å². The molecule has 20 heavy (non-hydrogen) atoms. The summed E-state index contributed by atoms with van der Waals surface area (Å²) in [6.45, 7) is 3.59. The Balaban J connectivity index is 2.28. The van der Waals surface area contributed by atoms with Crippen LogP contribution in [0, 0.1) is 6.92 Å². The first-order valence-electron chi connectivity index (χ1n) is 7.35. The van der Waals surface area contributed by atoms with Crippen LogP contribution in [-0.2, 0) is 16.6 Å². The van der Waals surface area contributed by atoms with Gasteiger partial charge in [-0.1, -0.05) is 25.3 Å².